The van der Waals surface area contributed by atoms with E-state index in [4.69, 9.17) is 5.48 Å². The Bertz CT molecular complexity index is 206. The highest BCUT2D eigenvalue weighted by atomic mass is 19.4. The van der Waals surface area contributed by atoms with Gasteiger partial charge in [-0.15, -0.1) is 0 Å². The molecule has 0 spiro atoms. The van der Waals surface area contributed by atoms with Crippen molar-refractivity contribution in [2.24, 2.45) is 5.41 Å². The Morgan fingerprint density at radius 3 is 2.33 bits per heavy atom. The van der Waals surface area contributed by atoms with Gasteiger partial charge in [0.15, 0.2) is 0 Å². The zero-order valence-electron chi connectivity index (χ0n) is 8.63. The van der Waals surface area contributed by atoms with Gasteiger partial charge in [-0.05, 0) is 19.2 Å². The van der Waals surface area contributed by atoms with Crippen molar-refractivity contribution in [1.29, 1.82) is 0 Å². The lowest BCUT2D eigenvalue weighted by Gasteiger charge is -2.15. The Labute approximate surface area is 57.7 Å². The minimum Gasteiger partial charge on any atom is -0.171 e. The number of hydrogen-bond donors (Lipinski definition) is 0. The second-order valence-corrected chi connectivity index (χ2v) is 2.22. The molecule has 1 aliphatic rings. The Morgan fingerprint density at radius 2 is 2.22 bits per heavy atom. The predicted octanol–water partition coefficient (Wildman–Crippen LogP) is 2.74. The zero-order chi connectivity index (χ0) is 10.5. The molecule has 0 bridgehead atoms. The van der Waals surface area contributed by atoms with Crippen LogP contribution >= 0.6 is 0 Å². The number of halogens is 3. The third-order valence-corrected chi connectivity index (χ3v) is 1.57. The van der Waals surface area contributed by atoms with Crippen LogP contribution in [0.2, 0.25) is 0 Å². The number of rotatable bonds is 1. The molecule has 0 nitrogen and oxygen atoms in total. The van der Waals surface area contributed by atoms with Crippen molar-refractivity contribution < 1.29 is 18.7 Å². The van der Waals surface area contributed by atoms with Crippen LogP contribution in [0.3, 0.4) is 0 Å². The first-order chi connectivity index (χ1) is 5.65. The Hall–Kier alpha value is -0.210. The van der Waals surface area contributed by atoms with Crippen LogP contribution in [-0.2, 0) is 0 Å². The van der Waals surface area contributed by atoms with Crippen molar-refractivity contribution in [3.8, 4) is 0 Å². The van der Waals surface area contributed by atoms with Gasteiger partial charge in [-0.1, -0.05) is 6.88 Å². The maximum absolute atomic E-state index is 12.3. The molecule has 0 aromatic heterocycles. The lowest BCUT2D eigenvalue weighted by atomic mass is 10.0. The molecule has 9 heavy (non-hydrogen) atoms. The first-order valence-electron chi connectivity index (χ1n) is 4.72. The summed E-state index contributed by atoms with van der Waals surface area (Å²) in [6, 6.07) is 0. The highest BCUT2D eigenvalue weighted by Crippen LogP contribution is 2.59. The van der Waals surface area contributed by atoms with Gasteiger partial charge in [0.05, 0.1) is 5.41 Å². The SMILES string of the molecule is [2H]C([2H])C([2H])([2H])C1(C(F)(F)F)CC1. The predicted molar refractivity (Wildman–Crippen MR) is 28.0 cm³/mol. The third-order valence-electron chi connectivity index (χ3n) is 1.57. The molecule has 0 heterocycles. The number of hydrogen-bond acceptors (Lipinski definition) is 0. The smallest absolute Gasteiger partial charge is 0.171 e. The van der Waals surface area contributed by atoms with Crippen LogP contribution in [-0.4, -0.2) is 6.18 Å². The molecule has 0 aromatic carbocycles. The van der Waals surface area contributed by atoms with E-state index < -0.39 is 24.8 Å². The van der Waals surface area contributed by atoms with Crippen LogP contribution in [0.25, 0.3) is 0 Å². The van der Waals surface area contributed by atoms with E-state index >= 15 is 0 Å². The lowest BCUT2D eigenvalue weighted by Crippen LogP contribution is -2.23. The van der Waals surface area contributed by atoms with E-state index in [2.05, 4.69) is 0 Å². The summed E-state index contributed by atoms with van der Waals surface area (Å²) in [4.78, 5) is 0. The van der Waals surface area contributed by atoms with Gasteiger partial charge in [0.25, 0.3) is 0 Å². The van der Waals surface area contributed by atoms with E-state index in [1.807, 2.05) is 0 Å². The van der Waals surface area contributed by atoms with E-state index in [1.54, 1.807) is 0 Å². The van der Waals surface area contributed by atoms with E-state index in [9.17, 15) is 13.2 Å². The van der Waals surface area contributed by atoms with Gasteiger partial charge in [-0.2, -0.15) is 13.2 Å². The second kappa shape index (κ2) is 1.64. The average Bonchev–Trinajstić information content (AvgIpc) is 2.61. The van der Waals surface area contributed by atoms with Gasteiger partial charge in [0, 0.05) is 5.48 Å². The van der Waals surface area contributed by atoms with Crippen LogP contribution in [0, 0.1) is 5.41 Å². The molecule has 0 radical (unpaired) electrons. The summed E-state index contributed by atoms with van der Waals surface area (Å²) in [5, 5.41) is 0. The van der Waals surface area contributed by atoms with Crippen molar-refractivity contribution in [2.45, 2.75) is 32.3 Å². The van der Waals surface area contributed by atoms with Gasteiger partial charge < -0.3 is 0 Å². The fourth-order valence-electron chi connectivity index (χ4n) is 0.635. The highest BCUT2D eigenvalue weighted by molar-refractivity contribution is 4.97. The fourth-order valence-corrected chi connectivity index (χ4v) is 0.635. The molecule has 1 rings (SSSR count). The quantitative estimate of drug-likeness (QED) is 0.528. The molecule has 0 atom stereocenters. The van der Waals surface area contributed by atoms with Crippen LogP contribution in [0.15, 0.2) is 0 Å². The van der Waals surface area contributed by atoms with Gasteiger partial charge in [0.1, 0.15) is 0 Å². The van der Waals surface area contributed by atoms with Crippen molar-refractivity contribution in [3.63, 3.8) is 0 Å². The molecule has 0 unspecified atom stereocenters. The van der Waals surface area contributed by atoms with Crippen LogP contribution in [0.1, 0.15) is 31.6 Å². The summed E-state index contributed by atoms with van der Waals surface area (Å²) in [5.74, 6) is 0. The van der Waals surface area contributed by atoms with Gasteiger partial charge in [-0.25, -0.2) is 0 Å². The molecule has 54 valence electrons. The molecule has 1 fully saturated rings. The normalized spacial score (nSPS) is 32.4. The monoisotopic (exact) mass is 142 g/mol. The first-order valence-corrected chi connectivity index (χ1v) is 2.56. The third kappa shape index (κ3) is 0.926. The van der Waals surface area contributed by atoms with Gasteiger partial charge >= 0.3 is 6.18 Å². The van der Waals surface area contributed by atoms with Crippen LogP contribution in [0.4, 0.5) is 13.2 Å². The summed E-state index contributed by atoms with van der Waals surface area (Å²) in [7, 11) is 0. The van der Waals surface area contributed by atoms with Crippen molar-refractivity contribution >= 4 is 0 Å². The average molecular weight is 142 g/mol. The van der Waals surface area contributed by atoms with Crippen molar-refractivity contribution in [3.05, 3.63) is 0 Å². The summed E-state index contributed by atoms with van der Waals surface area (Å²) < 4.78 is 64.7. The van der Waals surface area contributed by atoms with Crippen molar-refractivity contribution in [2.75, 3.05) is 0 Å². The minimum absolute atomic E-state index is 0.308. The lowest BCUT2D eigenvalue weighted by molar-refractivity contribution is -0.187. The largest absolute Gasteiger partial charge is 0.394 e. The van der Waals surface area contributed by atoms with E-state index in [0.29, 0.717) is 0 Å². The molecule has 0 N–H and O–H groups in total. The van der Waals surface area contributed by atoms with E-state index in [1.165, 1.54) is 0 Å². The molecule has 1 aliphatic carbocycles. The first kappa shape index (κ1) is 3.26. The fraction of sp³-hybridized carbons (Fsp3) is 1.00. The summed E-state index contributed by atoms with van der Waals surface area (Å²) >= 11 is 0. The molecule has 0 amide bonds. The van der Waals surface area contributed by atoms with Gasteiger partial charge in [-0.3, -0.25) is 0 Å². The maximum atomic E-state index is 12.3. The molecule has 1 saturated carbocycles. The Kier molecular flexibility index (Phi) is 0.595. The highest BCUT2D eigenvalue weighted by Gasteiger charge is 2.61. The minimum atomic E-state index is -4.64. The topological polar surface area (TPSA) is 0 Å². The molecule has 0 aromatic rings. The Balaban J connectivity index is 2.94. The Morgan fingerprint density at radius 1 is 1.67 bits per heavy atom. The summed E-state index contributed by atoms with van der Waals surface area (Å²) in [6.07, 6.45) is -8.06. The molecule has 0 aliphatic heterocycles. The van der Waals surface area contributed by atoms with Crippen LogP contribution < -0.4 is 0 Å². The standard InChI is InChI=1S/C6H9F3/c1-2-5(3-4-5)6(7,8)9/h2-4H2,1H3/i1D2,2D2. The van der Waals surface area contributed by atoms with Crippen LogP contribution in [0.5, 0.6) is 0 Å². The molecule has 3 heteroatoms. The second-order valence-electron chi connectivity index (χ2n) is 2.22. The van der Waals surface area contributed by atoms with Gasteiger partial charge in [0.2, 0.25) is 0 Å². The van der Waals surface area contributed by atoms with Crippen molar-refractivity contribution in [1.82, 2.24) is 0 Å². The summed E-state index contributed by atoms with van der Waals surface area (Å²) in [5.41, 5.74) is -2.44. The van der Waals surface area contributed by atoms with E-state index in [-0.39, 0.29) is 12.8 Å². The molecular weight excluding hydrogens is 129 g/mol. The zero-order valence-corrected chi connectivity index (χ0v) is 4.63. The maximum Gasteiger partial charge on any atom is 0.394 e. The molecular formula is C6H9F3. The summed E-state index contributed by atoms with van der Waals surface area (Å²) in [6.45, 7) is -2.10. The molecule has 0 saturated heterocycles. The number of alkyl halides is 3. The van der Waals surface area contributed by atoms with E-state index in [0.717, 1.165) is 0 Å².